The molecule has 25 heavy (non-hydrogen) atoms. The molecule has 2 saturated heterocycles. The number of carbonyl (C=O) groups is 3. The van der Waals surface area contributed by atoms with E-state index < -0.39 is 6.09 Å². The van der Waals surface area contributed by atoms with Gasteiger partial charge in [0, 0.05) is 32.0 Å². The van der Waals surface area contributed by atoms with Gasteiger partial charge in [0.25, 0.3) is 5.91 Å². The van der Waals surface area contributed by atoms with Crippen LogP contribution in [0.25, 0.3) is 0 Å². The van der Waals surface area contributed by atoms with Gasteiger partial charge in [-0.2, -0.15) is 0 Å². The summed E-state index contributed by atoms with van der Waals surface area (Å²) in [7, 11) is 0. The maximum Gasteiger partial charge on any atom is 0.417 e. The zero-order valence-electron chi connectivity index (χ0n) is 14.3. The number of aryl methyl sites for hydroxylation is 1. The van der Waals surface area contributed by atoms with E-state index in [0.717, 1.165) is 16.2 Å². The first kappa shape index (κ1) is 17.3. The molecule has 2 aliphatic rings. The van der Waals surface area contributed by atoms with E-state index in [1.165, 1.54) is 0 Å². The molecule has 3 rings (SSSR count). The van der Waals surface area contributed by atoms with Gasteiger partial charge in [-0.25, -0.2) is 9.69 Å². The van der Waals surface area contributed by atoms with Gasteiger partial charge in [0.2, 0.25) is 5.91 Å². The van der Waals surface area contributed by atoms with Crippen LogP contribution in [0.1, 0.15) is 18.9 Å². The van der Waals surface area contributed by atoms with E-state index in [-0.39, 0.29) is 24.3 Å². The van der Waals surface area contributed by atoms with E-state index >= 15 is 0 Å². The van der Waals surface area contributed by atoms with Gasteiger partial charge in [-0.15, -0.1) is 0 Å². The van der Waals surface area contributed by atoms with Crippen molar-refractivity contribution in [2.45, 2.75) is 19.8 Å². The van der Waals surface area contributed by atoms with Crippen LogP contribution in [-0.4, -0.2) is 60.6 Å². The van der Waals surface area contributed by atoms with Crippen molar-refractivity contribution in [3.63, 3.8) is 0 Å². The Balaban J connectivity index is 1.44. The van der Waals surface area contributed by atoms with Crippen molar-refractivity contribution in [1.82, 2.24) is 9.80 Å². The van der Waals surface area contributed by atoms with Crippen molar-refractivity contribution in [3.8, 4) is 5.75 Å². The lowest BCUT2D eigenvalue weighted by molar-refractivity contribution is -0.138. The molecule has 7 nitrogen and oxygen atoms in total. The molecule has 0 atom stereocenters. The molecular weight excluding hydrogens is 324 g/mol. The van der Waals surface area contributed by atoms with Crippen molar-refractivity contribution in [2.75, 3.05) is 32.8 Å². The van der Waals surface area contributed by atoms with Gasteiger partial charge in [-0.05, 0) is 25.0 Å². The van der Waals surface area contributed by atoms with Crippen molar-refractivity contribution in [3.05, 3.63) is 29.8 Å². The highest BCUT2D eigenvalue weighted by Crippen LogP contribution is 2.23. The predicted octanol–water partition coefficient (Wildman–Crippen LogP) is 1.46. The molecule has 1 aromatic carbocycles. The fourth-order valence-corrected chi connectivity index (χ4v) is 3.11. The SMILES string of the molecule is CCOc1ccccc1CCC(=O)N1CC(CN2C(=O)COC2=O)C1. The second kappa shape index (κ2) is 7.55. The molecule has 0 radical (unpaired) electrons. The number of hydrogen-bond acceptors (Lipinski definition) is 5. The number of benzene rings is 1. The molecular formula is C18H22N2O5. The molecule has 134 valence electrons. The normalized spacial score (nSPS) is 17.5. The maximum atomic E-state index is 12.3. The third-order valence-corrected chi connectivity index (χ3v) is 4.47. The summed E-state index contributed by atoms with van der Waals surface area (Å²) in [6.07, 6.45) is 0.469. The number of likely N-dealkylation sites (tertiary alicyclic amines) is 1. The molecule has 1 aromatic rings. The molecule has 2 fully saturated rings. The minimum absolute atomic E-state index is 0.0814. The molecule has 0 spiro atoms. The molecule has 2 heterocycles. The largest absolute Gasteiger partial charge is 0.494 e. The highest BCUT2D eigenvalue weighted by atomic mass is 16.6. The highest BCUT2D eigenvalue weighted by Gasteiger charge is 2.38. The number of nitrogens with zero attached hydrogens (tertiary/aromatic N) is 2. The summed E-state index contributed by atoms with van der Waals surface area (Å²) < 4.78 is 10.3. The molecule has 0 N–H and O–H groups in total. The molecule has 0 saturated carbocycles. The van der Waals surface area contributed by atoms with Crippen LogP contribution in [0.3, 0.4) is 0 Å². The Labute approximate surface area is 146 Å². The van der Waals surface area contributed by atoms with E-state index in [4.69, 9.17) is 4.74 Å². The topological polar surface area (TPSA) is 76.2 Å². The lowest BCUT2D eigenvalue weighted by Gasteiger charge is -2.40. The summed E-state index contributed by atoms with van der Waals surface area (Å²) in [6, 6.07) is 7.74. The van der Waals surface area contributed by atoms with Gasteiger partial charge in [-0.3, -0.25) is 9.59 Å². The number of rotatable bonds is 7. The summed E-state index contributed by atoms with van der Waals surface area (Å²) in [5.74, 6) is 0.736. The number of amides is 3. The fraction of sp³-hybridized carbons (Fsp3) is 0.500. The van der Waals surface area contributed by atoms with Crippen molar-refractivity contribution < 1.29 is 23.9 Å². The molecule has 0 bridgehead atoms. The zero-order chi connectivity index (χ0) is 17.8. The summed E-state index contributed by atoms with van der Waals surface area (Å²) in [6.45, 7) is 3.83. The average molecular weight is 346 g/mol. The summed E-state index contributed by atoms with van der Waals surface area (Å²) in [4.78, 5) is 38.1. The number of para-hydroxylation sites is 1. The molecule has 2 aliphatic heterocycles. The first-order valence-corrected chi connectivity index (χ1v) is 8.54. The van der Waals surface area contributed by atoms with Crippen LogP contribution in [-0.2, 0) is 20.7 Å². The van der Waals surface area contributed by atoms with Crippen molar-refractivity contribution in [2.24, 2.45) is 5.92 Å². The Hall–Kier alpha value is -2.57. The average Bonchev–Trinajstić information content (AvgIpc) is 2.88. The number of cyclic esters (lactones) is 1. The number of carbonyl (C=O) groups excluding carboxylic acids is 3. The standard InChI is InChI=1S/C18H22N2O5/c1-2-24-15-6-4-3-5-14(15)7-8-16(21)19-9-13(10-19)11-20-17(22)12-25-18(20)23/h3-6,13H,2,7-12H2,1H3. The lowest BCUT2D eigenvalue weighted by Crippen LogP contribution is -2.54. The number of hydrogen-bond donors (Lipinski definition) is 0. The van der Waals surface area contributed by atoms with E-state index in [0.29, 0.717) is 39.1 Å². The van der Waals surface area contributed by atoms with Crippen LogP contribution < -0.4 is 4.74 Å². The summed E-state index contributed by atoms with van der Waals surface area (Å²) in [5.41, 5.74) is 1.03. The first-order valence-electron chi connectivity index (χ1n) is 8.54. The second-order valence-electron chi connectivity index (χ2n) is 6.26. The molecule has 0 aliphatic carbocycles. The third-order valence-electron chi connectivity index (χ3n) is 4.47. The Morgan fingerprint density at radius 2 is 2.04 bits per heavy atom. The monoisotopic (exact) mass is 346 g/mol. The van der Waals surface area contributed by atoms with Crippen molar-refractivity contribution >= 4 is 17.9 Å². The van der Waals surface area contributed by atoms with E-state index in [2.05, 4.69) is 4.74 Å². The fourth-order valence-electron chi connectivity index (χ4n) is 3.11. The third kappa shape index (κ3) is 3.92. The maximum absolute atomic E-state index is 12.3. The predicted molar refractivity (Wildman–Crippen MR) is 89.1 cm³/mol. The Morgan fingerprint density at radius 3 is 2.72 bits per heavy atom. The van der Waals surface area contributed by atoms with Crippen molar-refractivity contribution in [1.29, 1.82) is 0 Å². The Bertz CT molecular complexity index is 653. The minimum atomic E-state index is -0.581. The Kier molecular flexibility index (Phi) is 5.21. The number of ether oxygens (including phenoxy) is 2. The van der Waals surface area contributed by atoms with Crippen LogP contribution in [0.5, 0.6) is 5.75 Å². The summed E-state index contributed by atoms with van der Waals surface area (Å²) in [5, 5.41) is 0. The first-order chi connectivity index (χ1) is 12.1. The van der Waals surface area contributed by atoms with Crippen LogP contribution in [0.15, 0.2) is 24.3 Å². The summed E-state index contributed by atoms with van der Waals surface area (Å²) >= 11 is 0. The highest BCUT2D eigenvalue weighted by molar-refractivity contribution is 5.97. The van der Waals surface area contributed by atoms with Gasteiger partial charge < -0.3 is 14.4 Å². The van der Waals surface area contributed by atoms with Crippen LogP contribution >= 0.6 is 0 Å². The quantitative estimate of drug-likeness (QED) is 0.747. The van der Waals surface area contributed by atoms with E-state index in [1.807, 2.05) is 31.2 Å². The van der Waals surface area contributed by atoms with Crippen LogP contribution in [0.2, 0.25) is 0 Å². The lowest BCUT2D eigenvalue weighted by atomic mass is 9.98. The van der Waals surface area contributed by atoms with Crippen LogP contribution in [0, 0.1) is 5.92 Å². The van der Waals surface area contributed by atoms with Crippen LogP contribution in [0.4, 0.5) is 4.79 Å². The Morgan fingerprint density at radius 1 is 1.28 bits per heavy atom. The van der Waals surface area contributed by atoms with Gasteiger partial charge in [-0.1, -0.05) is 18.2 Å². The van der Waals surface area contributed by atoms with E-state index in [1.54, 1.807) is 4.90 Å². The zero-order valence-corrected chi connectivity index (χ0v) is 14.3. The second-order valence-corrected chi connectivity index (χ2v) is 6.26. The molecule has 3 amide bonds. The molecule has 0 unspecified atom stereocenters. The molecule has 7 heteroatoms. The van der Waals surface area contributed by atoms with Gasteiger partial charge >= 0.3 is 6.09 Å². The van der Waals surface area contributed by atoms with Gasteiger partial charge in [0.1, 0.15) is 5.75 Å². The molecule has 0 aromatic heterocycles. The number of imide groups is 1. The minimum Gasteiger partial charge on any atom is -0.494 e. The van der Waals surface area contributed by atoms with Gasteiger partial charge in [0.15, 0.2) is 6.61 Å². The smallest absolute Gasteiger partial charge is 0.417 e. The van der Waals surface area contributed by atoms with E-state index in [9.17, 15) is 14.4 Å². The van der Waals surface area contributed by atoms with Gasteiger partial charge in [0.05, 0.1) is 6.61 Å².